The van der Waals surface area contributed by atoms with Gasteiger partial charge in [-0.2, -0.15) is 0 Å². The van der Waals surface area contributed by atoms with Crippen LogP contribution in [0, 0.1) is 18.8 Å². The predicted molar refractivity (Wildman–Crippen MR) is 110 cm³/mol. The number of pyridine rings is 1. The average Bonchev–Trinajstić information content (AvgIpc) is 3.08. The molecule has 6 heteroatoms. The number of aryl methyl sites for hydroxylation is 2. The summed E-state index contributed by atoms with van der Waals surface area (Å²) in [4.78, 5) is 16.2. The fourth-order valence-electron chi connectivity index (χ4n) is 4.25. The zero-order valence-corrected chi connectivity index (χ0v) is 17.0. The molecule has 146 valence electrons. The molecular formula is C22H27N5O. The Bertz CT molecular complexity index is 943. The molecule has 6 nitrogen and oxygen atoms in total. The normalized spacial score (nSPS) is 19.8. The molecule has 0 aliphatic carbocycles. The predicted octanol–water partition coefficient (Wildman–Crippen LogP) is 4.55. The molecule has 1 fully saturated rings. The summed E-state index contributed by atoms with van der Waals surface area (Å²) in [5.74, 6) is 2.92. The van der Waals surface area contributed by atoms with Gasteiger partial charge in [0, 0.05) is 43.7 Å². The quantitative estimate of drug-likeness (QED) is 0.664. The zero-order chi connectivity index (χ0) is 19.7. The summed E-state index contributed by atoms with van der Waals surface area (Å²) in [6.45, 7) is 10.6. The SMILES string of the molecule is CCc1onc(C)c1-c1nc(N2C[C@H](C)C[C@@H](C)C2)ncc1-c1ccncc1. The van der Waals surface area contributed by atoms with Gasteiger partial charge in [-0.15, -0.1) is 0 Å². The molecule has 1 aliphatic rings. The number of aromatic nitrogens is 4. The van der Waals surface area contributed by atoms with Crippen LogP contribution < -0.4 is 4.90 Å². The molecule has 3 aromatic heterocycles. The van der Waals surface area contributed by atoms with Crippen molar-refractivity contribution in [3.63, 3.8) is 0 Å². The third-order valence-corrected chi connectivity index (χ3v) is 5.41. The summed E-state index contributed by atoms with van der Waals surface area (Å²) in [5, 5.41) is 4.20. The van der Waals surface area contributed by atoms with E-state index in [1.54, 1.807) is 12.4 Å². The van der Waals surface area contributed by atoms with Gasteiger partial charge in [0.2, 0.25) is 5.95 Å². The van der Waals surface area contributed by atoms with Crippen LogP contribution in [0.5, 0.6) is 0 Å². The molecule has 0 radical (unpaired) electrons. The maximum atomic E-state index is 5.57. The summed E-state index contributed by atoms with van der Waals surface area (Å²) in [6.07, 6.45) is 7.54. The lowest BCUT2D eigenvalue weighted by Gasteiger charge is -2.35. The molecule has 4 rings (SSSR count). The van der Waals surface area contributed by atoms with E-state index < -0.39 is 0 Å². The zero-order valence-electron chi connectivity index (χ0n) is 17.0. The van der Waals surface area contributed by atoms with Crippen molar-refractivity contribution in [1.82, 2.24) is 20.1 Å². The first-order valence-electron chi connectivity index (χ1n) is 10.0. The molecule has 0 bridgehead atoms. The Hall–Kier alpha value is -2.76. The lowest BCUT2D eigenvalue weighted by atomic mass is 9.92. The van der Waals surface area contributed by atoms with E-state index in [1.165, 1.54) is 6.42 Å². The summed E-state index contributed by atoms with van der Waals surface area (Å²) < 4.78 is 5.57. The summed E-state index contributed by atoms with van der Waals surface area (Å²) >= 11 is 0. The molecule has 0 N–H and O–H groups in total. The van der Waals surface area contributed by atoms with E-state index in [0.717, 1.165) is 59.3 Å². The second kappa shape index (κ2) is 7.70. The standard InChI is InChI=1S/C22H27N5O/c1-5-19-20(16(4)26-28-19)21-18(17-6-8-23-9-7-17)11-24-22(25-21)27-12-14(2)10-15(3)13-27/h6-9,11,14-15H,5,10,12-13H2,1-4H3/t14-,15-/m1/s1. The number of hydrogen-bond donors (Lipinski definition) is 0. The highest BCUT2D eigenvalue weighted by Crippen LogP contribution is 2.36. The molecule has 28 heavy (non-hydrogen) atoms. The third kappa shape index (κ3) is 3.51. The van der Waals surface area contributed by atoms with Gasteiger partial charge < -0.3 is 9.42 Å². The molecule has 1 saturated heterocycles. The highest BCUT2D eigenvalue weighted by molar-refractivity contribution is 5.82. The number of nitrogens with zero attached hydrogens (tertiary/aromatic N) is 5. The molecule has 0 aromatic carbocycles. The van der Waals surface area contributed by atoms with E-state index in [4.69, 9.17) is 14.5 Å². The van der Waals surface area contributed by atoms with E-state index in [1.807, 2.05) is 25.3 Å². The van der Waals surface area contributed by atoms with Gasteiger partial charge in [-0.25, -0.2) is 9.97 Å². The van der Waals surface area contributed by atoms with Gasteiger partial charge in [0.25, 0.3) is 0 Å². The van der Waals surface area contributed by atoms with E-state index >= 15 is 0 Å². The van der Waals surface area contributed by atoms with Crippen molar-refractivity contribution in [1.29, 1.82) is 0 Å². The largest absolute Gasteiger partial charge is 0.360 e. The summed E-state index contributed by atoms with van der Waals surface area (Å²) in [5.41, 5.74) is 4.75. The van der Waals surface area contributed by atoms with Crippen molar-refractivity contribution in [3.05, 3.63) is 42.2 Å². The van der Waals surface area contributed by atoms with Gasteiger partial charge in [-0.3, -0.25) is 4.98 Å². The van der Waals surface area contributed by atoms with Crippen LogP contribution in [0.2, 0.25) is 0 Å². The summed E-state index contributed by atoms with van der Waals surface area (Å²) in [7, 11) is 0. The summed E-state index contributed by atoms with van der Waals surface area (Å²) in [6, 6.07) is 3.97. The van der Waals surface area contributed by atoms with Gasteiger partial charge in [0.1, 0.15) is 5.76 Å². The van der Waals surface area contributed by atoms with Crippen molar-refractivity contribution in [2.24, 2.45) is 11.8 Å². The van der Waals surface area contributed by atoms with Crippen LogP contribution in [-0.4, -0.2) is 33.2 Å². The topological polar surface area (TPSA) is 67.9 Å². The van der Waals surface area contributed by atoms with Gasteiger partial charge in [-0.05, 0) is 42.9 Å². The number of rotatable bonds is 4. The van der Waals surface area contributed by atoms with Gasteiger partial charge in [-0.1, -0.05) is 25.9 Å². The molecule has 4 heterocycles. The highest BCUT2D eigenvalue weighted by Gasteiger charge is 2.26. The fourth-order valence-corrected chi connectivity index (χ4v) is 4.25. The smallest absolute Gasteiger partial charge is 0.225 e. The van der Waals surface area contributed by atoms with Gasteiger partial charge in [0.15, 0.2) is 0 Å². The van der Waals surface area contributed by atoms with Crippen LogP contribution in [0.25, 0.3) is 22.4 Å². The minimum Gasteiger partial charge on any atom is -0.360 e. The fraction of sp³-hybridized carbons (Fsp3) is 0.455. The molecule has 2 atom stereocenters. The van der Waals surface area contributed by atoms with Crippen molar-refractivity contribution < 1.29 is 4.52 Å². The Morgan fingerprint density at radius 1 is 1.14 bits per heavy atom. The maximum Gasteiger partial charge on any atom is 0.225 e. The first kappa shape index (κ1) is 18.6. The Kier molecular flexibility index (Phi) is 5.11. The van der Waals surface area contributed by atoms with Crippen molar-refractivity contribution in [3.8, 4) is 22.4 Å². The Morgan fingerprint density at radius 2 is 1.86 bits per heavy atom. The van der Waals surface area contributed by atoms with Crippen molar-refractivity contribution >= 4 is 5.95 Å². The monoisotopic (exact) mass is 377 g/mol. The molecule has 1 aliphatic heterocycles. The van der Waals surface area contributed by atoms with Crippen LogP contribution in [0.1, 0.15) is 38.6 Å². The number of hydrogen-bond acceptors (Lipinski definition) is 6. The molecule has 0 unspecified atom stereocenters. The highest BCUT2D eigenvalue weighted by atomic mass is 16.5. The van der Waals surface area contributed by atoms with Crippen LogP contribution >= 0.6 is 0 Å². The molecule has 3 aromatic rings. The van der Waals surface area contributed by atoms with Crippen LogP contribution in [0.3, 0.4) is 0 Å². The van der Waals surface area contributed by atoms with Crippen molar-refractivity contribution in [2.45, 2.75) is 40.5 Å². The second-order valence-electron chi connectivity index (χ2n) is 7.94. The molecule has 0 amide bonds. The van der Waals surface area contributed by atoms with E-state index in [2.05, 4.69) is 35.8 Å². The first-order chi connectivity index (χ1) is 13.6. The molecular weight excluding hydrogens is 350 g/mol. The van der Waals surface area contributed by atoms with E-state index in [9.17, 15) is 0 Å². The van der Waals surface area contributed by atoms with Crippen LogP contribution in [0.15, 0.2) is 35.2 Å². The Labute approximate surface area is 166 Å². The van der Waals surface area contributed by atoms with E-state index in [0.29, 0.717) is 11.8 Å². The minimum absolute atomic E-state index is 0.638. The molecule has 0 saturated carbocycles. The number of piperidine rings is 1. The first-order valence-corrected chi connectivity index (χ1v) is 10.0. The van der Waals surface area contributed by atoms with Crippen LogP contribution in [0.4, 0.5) is 5.95 Å². The average molecular weight is 377 g/mol. The molecule has 0 spiro atoms. The Balaban J connectivity index is 1.86. The lowest BCUT2D eigenvalue weighted by Crippen LogP contribution is -2.39. The number of anilines is 1. The van der Waals surface area contributed by atoms with E-state index in [-0.39, 0.29) is 0 Å². The van der Waals surface area contributed by atoms with Crippen LogP contribution in [-0.2, 0) is 6.42 Å². The van der Waals surface area contributed by atoms with Gasteiger partial charge in [0.05, 0.1) is 17.0 Å². The third-order valence-electron chi connectivity index (χ3n) is 5.41. The Morgan fingerprint density at radius 3 is 2.54 bits per heavy atom. The van der Waals surface area contributed by atoms with Crippen molar-refractivity contribution in [2.75, 3.05) is 18.0 Å². The van der Waals surface area contributed by atoms with Gasteiger partial charge >= 0.3 is 0 Å². The lowest BCUT2D eigenvalue weighted by molar-refractivity contribution is 0.353. The second-order valence-corrected chi connectivity index (χ2v) is 7.94. The maximum absolute atomic E-state index is 5.57. The minimum atomic E-state index is 0.638.